The lowest BCUT2D eigenvalue weighted by Gasteiger charge is -2.41. The van der Waals surface area contributed by atoms with E-state index < -0.39 is 0 Å². The summed E-state index contributed by atoms with van der Waals surface area (Å²) in [6.07, 6.45) is -0.0707. The van der Waals surface area contributed by atoms with Crippen molar-refractivity contribution in [1.82, 2.24) is 0 Å². The van der Waals surface area contributed by atoms with Gasteiger partial charge < -0.3 is 15.0 Å². The fraction of sp³-hybridized carbons (Fsp3) is 0.533. The highest BCUT2D eigenvalue weighted by atomic mass is 16.5. The van der Waals surface area contributed by atoms with Crippen LogP contribution in [-0.4, -0.2) is 30.7 Å². The van der Waals surface area contributed by atoms with Crippen LogP contribution in [0.4, 0.5) is 11.4 Å². The van der Waals surface area contributed by atoms with Gasteiger partial charge in [-0.2, -0.15) is 0 Å². The van der Waals surface area contributed by atoms with Crippen LogP contribution in [0.25, 0.3) is 0 Å². The van der Waals surface area contributed by atoms with Gasteiger partial charge in [0.05, 0.1) is 17.5 Å². The van der Waals surface area contributed by atoms with E-state index in [4.69, 9.17) is 4.74 Å². The van der Waals surface area contributed by atoms with Crippen LogP contribution in [0.15, 0.2) is 24.3 Å². The number of anilines is 2. The van der Waals surface area contributed by atoms with Gasteiger partial charge in [-0.1, -0.05) is 12.1 Å². The molecule has 4 nitrogen and oxygen atoms in total. The average Bonchev–Trinajstić information content (AvgIpc) is 2.26. The number of carbonyl (C=O) groups excluding carboxylic acids is 1. The number of hydrogen-bond acceptors (Lipinski definition) is 4. The molecule has 0 saturated heterocycles. The molecule has 0 fully saturated rings. The molecule has 1 heterocycles. The highest BCUT2D eigenvalue weighted by molar-refractivity contribution is 5.81. The molecule has 0 aliphatic carbocycles. The molecule has 0 unspecified atom stereocenters. The number of nitrogens with one attached hydrogen (secondary N) is 1. The van der Waals surface area contributed by atoms with Crippen LogP contribution in [0, 0.1) is 0 Å². The Morgan fingerprint density at radius 2 is 2.11 bits per heavy atom. The number of ether oxygens (including phenoxy) is 1. The van der Waals surface area contributed by atoms with Crippen LogP contribution in [0.5, 0.6) is 0 Å². The van der Waals surface area contributed by atoms with Gasteiger partial charge in [-0.25, -0.2) is 0 Å². The second kappa shape index (κ2) is 5.11. The van der Waals surface area contributed by atoms with Crippen molar-refractivity contribution in [3.05, 3.63) is 24.3 Å². The third-order valence-corrected chi connectivity index (χ3v) is 2.99. The highest BCUT2D eigenvalue weighted by Crippen LogP contribution is 2.33. The van der Waals surface area contributed by atoms with E-state index in [2.05, 4.69) is 24.1 Å². The molecular formula is C15H22N2O2. The van der Waals surface area contributed by atoms with Gasteiger partial charge in [-0.15, -0.1) is 0 Å². The molecule has 0 radical (unpaired) electrons. The zero-order valence-electron chi connectivity index (χ0n) is 12.1. The number of hydrogen-bond donors (Lipinski definition) is 1. The second-order valence-corrected chi connectivity index (χ2v) is 5.92. The van der Waals surface area contributed by atoms with Gasteiger partial charge in [0.25, 0.3) is 0 Å². The number of nitrogens with zero attached hydrogens (tertiary/aromatic N) is 1. The van der Waals surface area contributed by atoms with Gasteiger partial charge in [0, 0.05) is 12.1 Å². The van der Waals surface area contributed by atoms with Gasteiger partial charge >= 0.3 is 5.97 Å². The predicted molar refractivity (Wildman–Crippen MR) is 77.6 cm³/mol. The molecular weight excluding hydrogens is 240 g/mol. The summed E-state index contributed by atoms with van der Waals surface area (Å²) < 4.78 is 5.24. The van der Waals surface area contributed by atoms with Crippen LogP contribution in [0.2, 0.25) is 0 Å². The van der Waals surface area contributed by atoms with Gasteiger partial charge in [-0.05, 0) is 39.8 Å². The van der Waals surface area contributed by atoms with Crippen LogP contribution in [-0.2, 0) is 9.53 Å². The quantitative estimate of drug-likeness (QED) is 0.850. The Balaban J connectivity index is 2.18. The highest BCUT2D eigenvalue weighted by Gasteiger charge is 2.30. The van der Waals surface area contributed by atoms with Crippen LogP contribution in [0.1, 0.15) is 27.7 Å². The fourth-order valence-electron chi connectivity index (χ4n) is 2.42. The van der Waals surface area contributed by atoms with E-state index >= 15 is 0 Å². The topological polar surface area (TPSA) is 41.6 Å². The third kappa shape index (κ3) is 3.40. The molecule has 1 N–H and O–H groups in total. The third-order valence-electron chi connectivity index (χ3n) is 2.99. The van der Waals surface area contributed by atoms with Crippen molar-refractivity contribution in [1.29, 1.82) is 0 Å². The maximum absolute atomic E-state index is 11.9. The number of fused-ring (bicyclic) bond motifs is 1. The Morgan fingerprint density at radius 3 is 2.79 bits per heavy atom. The van der Waals surface area contributed by atoms with Crippen LogP contribution in [0.3, 0.4) is 0 Å². The first-order valence-electron chi connectivity index (χ1n) is 6.69. The predicted octanol–water partition coefficient (Wildman–Crippen LogP) is 2.65. The first kappa shape index (κ1) is 13.7. The van der Waals surface area contributed by atoms with Gasteiger partial charge in [0.1, 0.15) is 6.54 Å². The molecule has 2 rings (SSSR count). The second-order valence-electron chi connectivity index (χ2n) is 5.92. The monoisotopic (exact) mass is 262 g/mol. The van der Waals surface area contributed by atoms with E-state index in [0.29, 0.717) is 6.54 Å². The van der Waals surface area contributed by atoms with E-state index in [1.54, 1.807) is 0 Å². The lowest BCUT2D eigenvalue weighted by atomic mass is 9.99. The van der Waals surface area contributed by atoms with E-state index in [9.17, 15) is 4.79 Å². The van der Waals surface area contributed by atoms with Crippen molar-refractivity contribution in [2.45, 2.75) is 39.3 Å². The van der Waals surface area contributed by atoms with Gasteiger partial charge in [0.15, 0.2) is 0 Å². The minimum Gasteiger partial charge on any atom is -0.462 e. The van der Waals surface area contributed by atoms with Crippen LogP contribution < -0.4 is 10.2 Å². The minimum atomic E-state index is -0.178. The van der Waals surface area contributed by atoms with E-state index in [1.165, 1.54) is 0 Å². The van der Waals surface area contributed by atoms with Crippen molar-refractivity contribution in [2.24, 2.45) is 0 Å². The molecule has 104 valence electrons. The summed E-state index contributed by atoms with van der Waals surface area (Å²) in [5.41, 5.74) is 2.06. The Kier molecular flexibility index (Phi) is 3.69. The summed E-state index contributed by atoms with van der Waals surface area (Å²) in [5.74, 6) is -0.178. The molecule has 0 bridgehead atoms. The number of benzene rings is 1. The number of rotatable bonds is 3. The molecule has 4 heteroatoms. The SMILES string of the molecule is CC(C)OC(=O)CN1CC(C)(C)Nc2ccccc21. The number of esters is 1. The molecule has 0 atom stereocenters. The van der Waals surface area contributed by atoms with Crippen molar-refractivity contribution >= 4 is 17.3 Å². The lowest BCUT2D eigenvalue weighted by Crippen LogP contribution is -2.50. The summed E-state index contributed by atoms with van der Waals surface area (Å²) in [7, 11) is 0. The maximum atomic E-state index is 11.9. The molecule has 19 heavy (non-hydrogen) atoms. The van der Waals surface area contributed by atoms with Crippen molar-refractivity contribution < 1.29 is 9.53 Å². The van der Waals surface area contributed by atoms with Gasteiger partial charge in [0.2, 0.25) is 0 Å². The largest absolute Gasteiger partial charge is 0.462 e. The zero-order chi connectivity index (χ0) is 14.0. The molecule has 0 aromatic heterocycles. The molecule has 1 aromatic carbocycles. The Labute approximate surface area is 114 Å². The molecule has 0 saturated carbocycles. The zero-order valence-corrected chi connectivity index (χ0v) is 12.1. The molecule has 1 aliphatic heterocycles. The van der Waals surface area contributed by atoms with E-state index in [1.807, 2.05) is 38.1 Å². The number of carbonyl (C=O) groups is 1. The van der Waals surface area contributed by atoms with Crippen molar-refractivity contribution in [3.8, 4) is 0 Å². The fourth-order valence-corrected chi connectivity index (χ4v) is 2.42. The molecule has 1 aromatic rings. The first-order chi connectivity index (χ1) is 8.87. The molecule has 0 amide bonds. The summed E-state index contributed by atoms with van der Waals surface area (Å²) >= 11 is 0. The van der Waals surface area contributed by atoms with Crippen LogP contribution >= 0.6 is 0 Å². The lowest BCUT2D eigenvalue weighted by molar-refractivity contribution is -0.145. The molecule has 0 spiro atoms. The van der Waals surface area contributed by atoms with Crippen molar-refractivity contribution in [3.63, 3.8) is 0 Å². The normalized spacial score (nSPS) is 16.8. The summed E-state index contributed by atoms with van der Waals surface area (Å²) in [4.78, 5) is 13.9. The number of para-hydroxylation sites is 2. The molecule has 1 aliphatic rings. The van der Waals surface area contributed by atoms with Gasteiger partial charge in [-0.3, -0.25) is 4.79 Å². The Morgan fingerprint density at radius 1 is 1.42 bits per heavy atom. The van der Waals surface area contributed by atoms with E-state index in [0.717, 1.165) is 17.9 Å². The summed E-state index contributed by atoms with van der Waals surface area (Å²) in [5, 5.41) is 3.49. The van der Waals surface area contributed by atoms with E-state index in [-0.39, 0.29) is 17.6 Å². The standard InChI is InChI=1S/C15H22N2O2/c1-11(2)19-14(18)9-17-10-15(3,4)16-12-7-5-6-8-13(12)17/h5-8,11,16H,9-10H2,1-4H3. The first-order valence-corrected chi connectivity index (χ1v) is 6.69. The maximum Gasteiger partial charge on any atom is 0.325 e. The summed E-state index contributed by atoms with van der Waals surface area (Å²) in [6, 6.07) is 8.05. The minimum absolute atomic E-state index is 0.0630. The summed E-state index contributed by atoms with van der Waals surface area (Å²) in [6.45, 7) is 9.06. The Bertz CT molecular complexity index is 469. The smallest absolute Gasteiger partial charge is 0.325 e. The van der Waals surface area contributed by atoms with Crippen molar-refractivity contribution in [2.75, 3.05) is 23.3 Å². The average molecular weight is 262 g/mol. The Hall–Kier alpha value is -1.71.